The number of amides is 1. The summed E-state index contributed by atoms with van der Waals surface area (Å²) in [5.41, 5.74) is 5.79. The minimum atomic E-state index is -0.884. The summed E-state index contributed by atoms with van der Waals surface area (Å²) in [7, 11) is 0. The normalized spacial score (nSPS) is 21.5. The van der Waals surface area contributed by atoms with E-state index < -0.39 is 17.8 Å². The first-order chi connectivity index (χ1) is 8.66. The number of ether oxygens (including phenoxy) is 1. The number of hydrogen-bond acceptors (Lipinski definition) is 3. The molecule has 0 saturated carbocycles. The molecule has 3 N–H and O–H groups in total. The Morgan fingerprint density at radius 1 is 1.56 bits per heavy atom. The smallest absolute Gasteiger partial charge is 0.251 e. The Bertz CT molecular complexity index is 419. The zero-order chi connectivity index (χ0) is 13.0. The summed E-state index contributed by atoms with van der Waals surface area (Å²) in [6, 6.07) is 5.80. The molecule has 1 amide bonds. The van der Waals surface area contributed by atoms with Crippen LogP contribution in [0.15, 0.2) is 24.3 Å². The van der Waals surface area contributed by atoms with Gasteiger partial charge in [0.1, 0.15) is 5.82 Å². The highest BCUT2D eigenvalue weighted by Gasteiger charge is 2.24. The van der Waals surface area contributed by atoms with Crippen LogP contribution in [0.4, 0.5) is 4.39 Å². The van der Waals surface area contributed by atoms with Crippen molar-refractivity contribution in [2.45, 2.75) is 25.0 Å². The molecular weight excluding hydrogens is 235 g/mol. The van der Waals surface area contributed by atoms with Crippen LogP contribution in [-0.2, 0) is 9.53 Å². The highest BCUT2D eigenvalue weighted by molar-refractivity contribution is 5.80. The number of rotatable bonds is 4. The Morgan fingerprint density at radius 3 is 3.00 bits per heavy atom. The number of primary amides is 1. The third kappa shape index (κ3) is 3.27. The highest BCUT2D eigenvalue weighted by Crippen LogP contribution is 2.22. The Labute approximate surface area is 105 Å². The van der Waals surface area contributed by atoms with Crippen LogP contribution in [0.3, 0.4) is 0 Å². The lowest BCUT2D eigenvalue weighted by Gasteiger charge is -2.27. The van der Waals surface area contributed by atoms with Crippen LogP contribution in [0.25, 0.3) is 0 Å². The van der Waals surface area contributed by atoms with Gasteiger partial charge >= 0.3 is 0 Å². The highest BCUT2D eigenvalue weighted by atomic mass is 19.1. The van der Waals surface area contributed by atoms with E-state index in [2.05, 4.69) is 5.32 Å². The van der Waals surface area contributed by atoms with Crippen LogP contribution in [0.1, 0.15) is 24.5 Å². The van der Waals surface area contributed by atoms with Crippen molar-refractivity contribution in [3.8, 4) is 0 Å². The number of halogens is 1. The van der Waals surface area contributed by atoms with Crippen LogP contribution in [0.2, 0.25) is 0 Å². The van der Waals surface area contributed by atoms with Gasteiger partial charge in [0.15, 0.2) is 6.10 Å². The lowest BCUT2D eigenvalue weighted by molar-refractivity contribution is -0.134. The van der Waals surface area contributed by atoms with Crippen molar-refractivity contribution < 1.29 is 13.9 Å². The number of carbonyl (C=O) groups excluding carboxylic acids is 1. The molecule has 0 spiro atoms. The minimum Gasteiger partial charge on any atom is -0.367 e. The summed E-state index contributed by atoms with van der Waals surface area (Å²) in [4.78, 5) is 11.4. The zero-order valence-corrected chi connectivity index (χ0v) is 10.1. The van der Waals surface area contributed by atoms with Crippen molar-refractivity contribution in [2.24, 2.45) is 5.73 Å². The van der Waals surface area contributed by atoms with Crippen molar-refractivity contribution in [2.75, 3.05) is 13.1 Å². The van der Waals surface area contributed by atoms with Crippen LogP contribution < -0.4 is 11.1 Å². The fourth-order valence-electron chi connectivity index (χ4n) is 2.11. The van der Waals surface area contributed by atoms with Crippen molar-refractivity contribution >= 4 is 5.91 Å². The summed E-state index contributed by atoms with van der Waals surface area (Å²) in [6.45, 7) is 1.65. The molecule has 1 aromatic rings. The Morgan fingerprint density at radius 2 is 2.39 bits per heavy atom. The topological polar surface area (TPSA) is 64.4 Å². The second-order valence-electron chi connectivity index (χ2n) is 4.44. The van der Waals surface area contributed by atoms with Crippen molar-refractivity contribution in [3.05, 3.63) is 35.6 Å². The van der Waals surface area contributed by atoms with Crippen LogP contribution in [-0.4, -0.2) is 25.1 Å². The average Bonchev–Trinajstić information content (AvgIpc) is 2.37. The van der Waals surface area contributed by atoms with Crippen LogP contribution in [0, 0.1) is 5.82 Å². The fraction of sp³-hybridized carbons (Fsp3) is 0.462. The monoisotopic (exact) mass is 252 g/mol. The third-order valence-corrected chi connectivity index (χ3v) is 2.99. The Balaban J connectivity index is 2.10. The standard InChI is InChI=1S/C13H17FN2O2/c14-10-4-1-3-9(7-10)12(13(15)17)18-11-5-2-6-16-8-11/h1,3-4,7,11-12,16H,2,5-6,8H2,(H2,15,17). The Kier molecular flexibility index (Phi) is 4.28. The molecule has 1 aliphatic rings. The lowest BCUT2D eigenvalue weighted by atomic mass is 10.1. The predicted molar refractivity (Wildman–Crippen MR) is 65.3 cm³/mol. The fourth-order valence-corrected chi connectivity index (χ4v) is 2.11. The summed E-state index contributed by atoms with van der Waals surface area (Å²) >= 11 is 0. The summed E-state index contributed by atoms with van der Waals surface area (Å²) < 4.78 is 18.8. The first-order valence-corrected chi connectivity index (χ1v) is 6.08. The molecule has 1 saturated heterocycles. The van der Waals surface area contributed by atoms with Gasteiger partial charge in [-0.05, 0) is 37.1 Å². The number of hydrogen-bond donors (Lipinski definition) is 2. The molecule has 2 rings (SSSR count). The molecule has 0 radical (unpaired) electrons. The molecule has 98 valence electrons. The van der Waals surface area contributed by atoms with Crippen molar-refractivity contribution in [1.29, 1.82) is 0 Å². The van der Waals surface area contributed by atoms with E-state index in [4.69, 9.17) is 10.5 Å². The van der Waals surface area contributed by atoms with Gasteiger partial charge in [-0.15, -0.1) is 0 Å². The number of carbonyl (C=O) groups is 1. The van der Waals surface area contributed by atoms with Crippen LogP contribution >= 0.6 is 0 Å². The number of piperidine rings is 1. The summed E-state index contributed by atoms with van der Waals surface area (Å²) in [5.74, 6) is -0.990. The largest absolute Gasteiger partial charge is 0.367 e. The van der Waals surface area contributed by atoms with E-state index in [1.54, 1.807) is 12.1 Å². The molecule has 1 aliphatic heterocycles. The number of nitrogens with one attached hydrogen (secondary N) is 1. The first-order valence-electron chi connectivity index (χ1n) is 6.08. The van der Waals surface area contributed by atoms with Crippen molar-refractivity contribution in [3.63, 3.8) is 0 Å². The predicted octanol–water partition coefficient (Wildman–Crippen LogP) is 1.12. The Hall–Kier alpha value is -1.46. The van der Waals surface area contributed by atoms with Gasteiger partial charge in [0.2, 0.25) is 0 Å². The van der Waals surface area contributed by atoms with E-state index in [1.165, 1.54) is 12.1 Å². The molecule has 1 heterocycles. The van der Waals surface area contributed by atoms with E-state index in [-0.39, 0.29) is 6.10 Å². The molecule has 18 heavy (non-hydrogen) atoms. The molecule has 1 fully saturated rings. The van der Waals surface area contributed by atoms with E-state index >= 15 is 0 Å². The van der Waals surface area contributed by atoms with Gasteiger partial charge in [0, 0.05) is 6.54 Å². The maximum Gasteiger partial charge on any atom is 0.251 e. The molecule has 2 atom stereocenters. The van der Waals surface area contributed by atoms with Crippen LogP contribution in [0.5, 0.6) is 0 Å². The molecule has 4 nitrogen and oxygen atoms in total. The van der Waals surface area contributed by atoms with Gasteiger partial charge in [-0.1, -0.05) is 12.1 Å². The van der Waals surface area contributed by atoms with E-state index in [1.807, 2.05) is 0 Å². The van der Waals surface area contributed by atoms with E-state index in [0.717, 1.165) is 19.4 Å². The first kappa shape index (κ1) is 13.0. The minimum absolute atomic E-state index is 0.0560. The zero-order valence-electron chi connectivity index (χ0n) is 10.1. The lowest BCUT2D eigenvalue weighted by Crippen LogP contribution is -2.38. The second-order valence-corrected chi connectivity index (χ2v) is 4.44. The van der Waals surface area contributed by atoms with Crippen molar-refractivity contribution in [1.82, 2.24) is 5.32 Å². The molecular formula is C13H17FN2O2. The number of nitrogens with two attached hydrogens (primary N) is 1. The molecule has 0 aromatic heterocycles. The second kappa shape index (κ2) is 5.93. The summed E-state index contributed by atoms with van der Waals surface area (Å²) in [5, 5.41) is 3.19. The molecule has 0 aliphatic carbocycles. The van der Waals surface area contributed by atoms with Gasteiger partial charge in [0.05, 0.1) is 6.10 Å². The maximum atomic E-state index is 13.1. The molecule has 5 heteroatoms. The average molecular weight is 252 g/mol. The van der Waals surface area contributed by atoms with Gasteiger partial charge in [0.25, 0.3) is 5.91 Å². The van der Waals surface area contributed by atoms with Gasteiger partial charge in [-0.25, -0.2) is 4.39 Å². The maximum absolute atomic E-state index is 13.1. The summed E-state index contributed by atoms with van der Waals surface area (Å²) in [6.07, 6.45) is 0.941. The SMILES string of the molecule is NC(=O)C(OC1CCCNC1)c1cccc(F)c1. The molecule has 1 aromatic carbocycles. The van der Waals surface area contributed by atoms with E-state index in [0.29, 0.717) is 12.1 Å². The quantitative estimate of drug-likeness (QED) is 0.844. The number of benzene rings is 1. The molecule has 0 bridgehead atoms. The van der Waals surface area contributed by atoms with Gasteiger partial charge in [-0.2, -0.15) is 0 Å². The molecule has 2 unspecified atom stereocenters. The third-order valence-electron chi connectivity index (χ3n) is 2.99. The van der Waals surface area contributed by atoms with E-state index in [9.17, 15) is 9.18 Å². The van der Waals surface area contributed by atoms with Gasteiger partial charge in [-0.3, -0.25) is 4.79 Å². The van der Waals surface area contributed by atoms with Gasteiger partial charge < -0.3 is 15.8 Å².